The maximum absolute atomic E-state index is 12.6. The minimum absolute atomic E-state index is 0.151. The number of hydrogen-bond acceptors (Lipinski definition) is 4. The summed E-state index contributed by atoms with van der Waals surface area (Å²) in [5, 5.41) is 9.57. The van der Waals surface area contributed by atoms with Gasteiger partial charge in [-0.25, -0.2) is 8.78 Å². The van der Waals surface area contributed by atoms with Crippen LogP contribution in [0.5, 0.6) is 11.5 Å². The predicted molar refractivity (Wildman–Crippen MR) is 78.1 cm³/mol. The number of likely N-dealkylation sites (tertiary alicyclic amines) is 1. The molecule has 1 N–H and O–H groups in total. The Hall–Kier alpha value is -1.82. The molecule has 6 heteroatoms. The number of ether oxygens (including phenoxy) is 2. The minimum atomic E-state index is -2.24. The molecule has 1 fully saturated rings. The molecule has 0 aromatic heterocycles. The summed E-state index contributed by atoms with van der Waals surface area (Å²) < 4.78 is 36.5. The van der Waals surface area contributed by atoms with Gasteiger partial charge in [-0.2, -0.15) is 0 Å². The molecule has 0 amide bonds. The Morgan fingerprint density at radius 3 is 3.05 bits per heavy atom. The first kappa shape index (κ1) is 15.1. The summed E-state index contributed by atoms with van der Waals surface area (Å²) in [6.07, 6.45) is 0.123. The van der Waals surface area contributed by atoms with Gasteiger partial charge < -0.3 is 14.6 Å². The van der Waals surface area contributed by atoms with E-state index in [-0.39, 0.29) is 5.75 Å². The molecule has 22 heavy (non-hydrogen) atoms. The highest BCUT2D eigenvalue weighted by Gasteiger charge is 2.29. The van der Waals surface area contributed by atoms with Gasteiger partial charge in [-0.15, -0.1) is 0 Å². The van der Waals surface area contributed by atoms with E-state index in [1.807, 2.05) is 11.0 Å². The Kier molecular flexibility index (Phi) is 4.47. The lowest BCUT2D eigenvalue weighted by Gasteiger charge is -2.21. The maximum atomic E-state index is 12.6. The van der Waals surface area contributed by atoms with Crippen molar-refractivity contribution in [2.24, 2.45) is 5.92 Å². The zero-order valence-electron chi connectivity index (χ0n) is 12.2. The average molecular weight is 311 g/mol. The molecule has 0 radical (unpaired) electrons. The summed E-state index contributed by atoms with van der Waals surface area (Å²) in [5.74, 6) is 0.981. The fourth-order valence-electron chi connectivity index (χ4n) is 2.85. The molecule has 1 aromatic rings. The molecule has 1 saturated heterocycles. The number of fused-ring (bicyclic) bond motifs is 1. The number of aromatic hydroxyl groups is 1. The Labute approximate surface area is 127 Å². The van der Waals surface area contributed by atoms with E-state index in [9.17, 15) is 13.9 Å². The van der Waals surface area contributed by atoms with Crippen molar-refractivity contribution in [2.75, 3.05) is 32.8 Å². The number of phenolic OH excluding ortho intramolecular Hbond substituents is 1. The largest absolute Gasteiger partial charge is 0.508 e. The van der Waals surface area contributed by atoms with Crippen LogP contribution < -0.4 is 4.74 Å². The van der Waals surface area contributed by atoms with Gasteiger partial charge in [0.1, 0.15) is 30.5 Å². The van der Waals surface area contributed by atoms with E-state index in [0.717, 1.165) is 5.56 Å². The fourth-order valence-corrected chi connectivity index (χ4v) is 2.85. The summed E-state index contributed by atoms with van der Waals surface area (Å²) in [6.45, 7) is 2.59. The summed E-state index contributed by atoms with van der Waals surface area (Å²) >= 11 is 0. The van der Waals surface area contributed by atoms with Gasteiger partial charge in [-0.3, -0.25) is 4.90 Å². The number of benzene rings is 1. The van der Waals surface area contributed by atoms with E-state index in [0.29, 0.717) is 50.8 Å². The molecule has 1 atom stereocenters. The lowest BCUT2D eigenvalue weighted by Crippen LogP contribution is -2.26. The first-order valence-corrected chi connectivity index (χ1v) is 7.43. The second-order valence-electron chi connectivity index (χ2n) is 5.59. The second-order valence-corrected chi connectivity index (χ2v) is 5.59. The lowest BCUT2D eigenvalue weighted by molar-refractivity contribution is 0.0792. The smallest absolute Gasteiger partial charge is 0.242 e. The van der Waals surface area contributed by atoms with Gasteiger partial charge in [0.2, 0.25) is 6.43 Å². The van der Waals surface area contributed by atoms with Crippen LogP contribution in [0, 0.1) is 5.92 Å². The fraction of sp³-hybridized carbons (Fsp3) is 0.500. The molecule has 4 nitrogen and oxygen atoms in total. The van der Waals surface area contributed by atoms with Gasteiger partial charge in [-0.1, -0.05) is 0 Å². The van der Waals surface area contributed by atoms with Crippen LogP contribution in [0.2, 0.25) is 0 Å². The van der Waals surface area contributed by atoms with Crippen molar-refractivity contribution in [3.05, 3.63) is 29.8 Å². The standard InChI is InChI=1S/C16H19F2NO3/c17-16(18)11-3-5-19(10-11)6-8-22-15-4-7-21-14-2-1-12(20)9-13(14)15/h1-2,4,9,11,16,20H,3,5-8,10H2. The molecule has 0 aliphatic carbocycles. The van der Waals surface area contributed by atoms with Crippen LogP contribution >= 0.6 is 0 Å². The van der Waals surface area contributed by atoms with Crippen LogP contribution in [-0.2, 0) is 4.74 Å². The third kappa shape index (κ3) is 3.32. The van der Waals surface area contributed by atoms with E-state index in [4.69, 9.17) is 9.47 Å². The van der Waals surface area contributed by atoms with Crippen LogP contribution in [0.25, 0.3) is 5.76 Å². The summed E-state index contributed by atoms with van der Waals surface area (Å²) in [4.78, 5) is 2.00. The third-order valence-corrected chi connectivity index (χ3v) is 4.07. The Balaban J connectivity index is 1.53. The summed E-state index contributed by atoms with van der Waals surface area (Å²) in [5.41, 5.74) is 0.720. The maximum Gasteiger partial charge on any atom is 0.242 e. The van der Waals surface area contributed by atoms with Crippen molar-refractivity contribution >= 4 is 5.76 Å². The van der Waals surface area contributed by atoms with Gasteiger partial charge in [0.05, 0.1) is 5.56 Å². The monoisotopic (exact) mass is 311 g/mol. The van der Waals surface area contributed by atoms with E-state index in [2.05, 4.69) is 0 Å². The topological polar surface area (TPSA) is 41.9 Å². The van der Waals surface area contributed by atoms with Gasteiger partial charge in [-0.05, 0) is 37.2 Å². The van der Waals surface area contributed by atoms with Gasteiger partial charge in [0.15, 0.2) is 0 Å². The van der Waals surface area contributed by atoms with Gasteiger partial charge in [0.25, 0.3) is 0 Å². The van der Waals surface area contributed by atoms with Crippen LogP contribution in [0.1, 0.15) is 12.0 Å². The highest BCUT2D eigenvalue weighted by Crippen LogP contribution is 2.33. The summed E-state index contributed by atoms with van der Waals surface area (Å²) in [7, 11) is 0. The van der Waals surface area contributed by atoms with Crippen LogP contribution in [0.4, 0.5) is 8.78 Å². The van der Waals surface area contributed by atoms with E-state index >= 15 is 0 Å². The summed E-state index contributed by atoms with van der Waals surface area (Å²) in [6, 6.07) is 4.87. The van der Waals surface area contributed by atoms with E-state index in [1.165, 1.54) is 0 Å². The van der Waals surface area contributed by atoms with Crippen molar-refractivity contribution in [1.82, 2.24) is 4.90 Å². The molecular formula is C16H19F2NO3. The number of nitrogens with zero attached hydrogens (tertiary/aromatic N) is 1. The molecule has 0 bridgehead atoms. The Morgan fingerprint density at radius 2 is 2.27 bits per heavy atom. The molecule has 2 heterocycles. The van der Waals surface area contributed by atoms with Crippen molar-refractivity contribution in [1.29, 1.82) is 0 Å². The zero-order chi connectivity index (χ0) is 15.5. The predicted octanol–water partition coefficient (Wildman–Crippen LogP) is 2.73. The normalized spacial score (nSPS) is 21.4. The van der Waals surface area contributed by atoms with E-state index < -0.39 is 12.3 Å². The molecular weight excluding hydrogens is 292 g/mol. The number of rotatable bonds is 5. The Bertz CT molecular complexity index is 562. The third-order valence-electron chi connectivity index (χ3n) is 4.07. The van der Waals surface area contributed by atoms with E-state index in [1.54, 1.807) is 18.2 Å². The highest BCUT2D eigenvalue weighted by atomic mass is 19.3. The van der Waals surface area contributed by atoms with Gasteiger partial charge in [0, 0.05) is 19.0 Å². The first-order valence-electron chi connectivity index (χ1n) is 7.43. The first-order chi connectivity index (χ1) is 10.6. The van der Waals surface area contributed by atoms with Crippen molar-refractivity contribution in [3.63, 3.8) is 0 Å². The van der Waals surface area contributed by atoms with Gasteiger partial charge >= 0.3 is 0 Å². The molecule has 3 rings (SSSR count). The molecule has 0 spiro atoms. The quantitative estimate of drug-likeness (QED) is 0.908. The molecule has 1 unspecified atom stereocenters. The average Bonchev–Trinajstić information content (AvgIpc) is 2.97. The highest BCUT2D eigenvalue weighted by molar-refractivity contribution is 5.68. The SMILES string of the molecule is Oc1ccc2c(c1)C(OCCN1CCC(C(F)F)C1)=CCO2. The number of phenols is 1. The molecule has 1 aromatic carbocycles. The number of alkyl halides is 2. The molecule has 2 aliphatic heterocycles. The van der Waals surface area contributed by atoms with Crippen LogP contribution in [0.3, 0.4) is 0 Å². The minimum Gasteiger partial charge on any atom is -0.508 e. The molecule has 120 valence electrons. The second kappa shape index (κ2) is 6.52. The van der Waals surface area contributed by atoms with Crippen molar-refractivity contribution < 1.29 is 23.4 Å². The van der Waals surface area contributed by atoms with Crippen LogP contribution in [0.15, 0.2) is 24.3 Å². The molecule has 2 aliphatic rings. The van der Waals surface area contributed by atoms with Crippen LogP contribution in [-0.4, -0.2) is 49.3 Å². The Morgan fingerprint density at radius 1 is 1.41 bits per heavy atom. The van der Waals surface area contributed by atoms with Crippen molar-refractivity contribution in [2.45, 2.75) is 12.8 Å². The van der Waals surface area contributed by atoms with Crippen molar-refractivity contribution in [3.8, 4) is 11.5 Å². The number of halogens is 2. The zero-order valence-corrected chi connectivity index (χ0v) is 12.2. The molecule has 0 saturated carbocycles. The lowest BCUT2D eigenvalue weighted by atomic mass is 10.1. The number of hydrogen-bond donors (Lipinski definition) is 1.